The van der Waals surface area contributed by atoms with Crippen LogP contribution in [0, 0.1) is 5.92 Å². The van der Waals surface area contributed by atoms with Crippen LogP contribution >= 0.6 is 8.03 Å². The maximum absolute atomic E-state index is 11.9. The summed E-state index contributed by atoms with van der Waals surface area (Å²) < 4.78 is 16.3. The summed E-state index contributed by atoms with van der Waals surface area (Å²) in [5.74, 6) is -1.29. The van der Waals surface area contributed by atoms with Crippen molar-refractivity contribution in [2.45, 2.75) is 51.6 Å². The summed E-state index contributed by atoms with van der Waals surface area (Å²) in [6.07, 6.45) is 4.69. The Hall–Kier alpha value is -0.640. The van der Waals surface area contributed by atoms with Crippen molar-refractivity contribution in [1.29, 1.82) is 0 Å². The molecule has 1 aliphatic rings. The summed E-state index contributed by atoms with van der Waals surface area (Å²) in [6.45, 7) is 2.59. The van der Waals surface area contributed by atoms with Gasteiger partial charge >= 0.3 is 13.6 Å². The van der Waals surface area contributed by atoms with Crippen molar-refractivity contribution in [3.05, 3.63) is 0 Å². The van der Waals surface area contributed by atoms with E-state index in [1.807, 2.05) is 6.92 Å². The van der Waals surface area contributed by atoms with Crippen LogP contribution in [-0.2, 0) is 18.9 Å². The van der Waals surface area contributed by atoms with Crippen LogP contribution in [0.3, 0.4) is 0 Å². The van der Waals surface area contributed by atoms with Gasteiger partial charge in [0.15, 0.2) is 0 Å². The lowest BCUT2D eigenvalue weighted by Crippen LogP contribution is -2.36. The number of ketones is 1. The van der Waals surface area contributed by atoms with Gasteiger partial charge in [0.1, 0.15) is 0 Å². The maximum Gasteiger partial charge on any atom is 0.593 e. The average molecular weight is 275 g/mol. The molecular weight excluding hydrogens is 255 g/mol. The van der Waals surface area contributed by atoms with Gasteiger partial charge in [-0.2, -0.15) is 4.89 Å². The quantitative estimate of drug-likeness (QED) is 0.569. The summed E-state index contributed by atoms with van der Waals surface area (Å²) in [5, 5.41) is 0. The van der Waals surface area contributed by atoms with Gasteiger partial charge in [0, 0.05) is 6.61 Å². The Morgan fingerprint density at radius 1 is 1.44 bits per heavy atom. The van der Waals surface area contributed by atoms with Crippen molar-refractivity contribution in [3.63, 3.8) is 0 Å². The third-order valence-electron chi connectivity index (χ3n) is 3.25. The number of unbranched alkanes of at least 4 members (excludes halogenated alkanes) is 1. The second kappa shape index (κ2) is 7.72. The highest BCUT2D eigenvalue weighted by molar-refractivity contribution is 7.61. The molecule has 1 fully saturated rings. The number of carbonyl (C=O) groups is 2. The smallest absolute Gasteiger partial charge is 0.377 e. The zero-order chi connectivity index (χ0) is 13.5. The molecule has 1 heterocycles. The molecule has 3 unspecified atom stereocenters. The van der Waals surface area contributed by atoms with E-state index in [0.717, 1.165) is 32.1 Å². The molecule has 18 heavy (non-hydrogen) atoms. The van der Waals surface area contributed by atoms with Crippen LogP contribution in [0.2, 0.25) is 0 Å². The van der Waals surface area contributed by atoms with Crippen LogP contribution in [0.25, 0.3) is 0 Å². The van der Waals surface area contributed by atoms with E-state index in [1.54, 1.807) is 0 Å². The molecule has 0 aliphatic carbocycles. The first-order valence-corrected chi connectivity index (χ1v) is 7.65. The van der Waals surface area contributed by atoms with Gasteiger partial charge in [0.2, 0.25) is 0 Å². The first-order valence-electron chi connectivity index (χ1n) is 6.43. The molecule has 3 atom stereocenters. The van der Waals surface area contributed by atoms with Gasteiger partial charge in [-0.05, 0) is 30.2 Å². The lowest BCUT2D eigenvalue weighted by molar-refractivity contribution is -0.140. The van der Waals surface area contributed by atoms with Gasteiger partial charge < -0.3 is 4.74 Å². The molecule has 1 rings (SSSR count). The molecule has 0 radical (unpaired) electrons. The average Bonchev–Trinajstić information content (AvgIpc) is 2.39. The maximum atomic E-state index is 11.9. The van der Waals surface area contributed by atoms with Crippen molar-refractivity contribution in [2.24, 2.45) is 5.92 Å². The van der Waals surface area contributed by atoms with Crippen LogP contribution in [0.4, 0.5) is 0 Å². The zero-order valence-electron chi connectivity index (χ0n) is 10.6. The summed E-state index contributed by atoms with van der Waals surface area (Å²) in [5.41, 5.74) is -1.17. The van der Waals surface area contributed by atoms with Crippen LogP contribution in [0.5, 0.6) is 0 Å². The molecule has 0 bridgehead atoms. The Bertz CT molecular complexity index is 322. The molecule has 0 aromatic carbocycles. The molecule has 1 aliphatic heterocycles. The lowest BCUT2D eigenvalue weighted by Gasteiger charge is -2.28. The molecule has 1 N–H and O–H groups in total. The van der Waals surface area contributed by atoms with Gasteiger partial charge in [-0.15, -0.1) is 0 Å². The third-order valence-corrected chi connectivity index (χ3v) is 3.82. The molecule has 102 valence electrons. The molecule has 0 saturated carbocycles. The predicted molar refractivity (Wildman–Crippen MR) is 66.4 cm³/mol. The SMILES string of the molecule is CCCCC(C(=O)C(=O)[P+](=O)O)C1CCCCO1. The predicted octanol–water partition coefficient (Wildman–Crippen LogP) is 2.19. The van der Waals surface area contributed by atoms with E-state index in [2.05, 4.69) is 0 Å². The molecule has 0 aromatic rings. The molecule has 0 spiro atoms. The Labute approximate surface area is 108 Å². The lowest BCUT2D eigenvalue weighted by atomic mass is 9.88. The fourth-order valence-corrected chi connectivity index (χ4v) is 2.60. The van der Waals surface area contributed by atoms with E-state index in [-0.39, 0.29) is 6.10 Å². The van der Waals surface area contributed by atoms with Crippen molar-refractivity contribution in [2.75, 3.05) is 6.61 Å². The third kappa shape index (κ3) is 4.23. The minimum absolute atomic E-state index is 0.267. The Morgan fingerprint density at radius 2 is 2.17 bits per heavy atom. The first kappa shape index (κ1) is 15.4. The molecule has 1 saturated heterocycles. The minimum atomic E-state index is -3.06. The second-order valence-electron chi connectivity index (χ2n) is 4.60. The van der Waals surface area contributed by atoms with Crippen molar-refractivity contribution in [3.8, 4) is 0 Å². The topological polar surface area (TPSA) is 80.7 Å². The number of rotatable bonds is 7. The monoisotopic (exact) mass is 275 g/mol. The van der Waals surface area contributed by atoms with E-state index in [0.29, 0.717) is 13.0 Å². The highest BCUT2D eigenvalue weighted by atomic mass is 31.1. The molecule has 0 amide bonds. The van der Waals surface area contributed by atoms with Crippen LogP contribution in [-0.4, -0.2) is 28.9 Å². The molecule has 5 nitrogen and oxygen atoms in total. The van der Waals surface area contributed by atoms with Gasteiger partial charge in [-0.1, -0.05) is 19.8 Å². The highest BCUT2D eigenvalue weighted by Gasteiger charge is 2.42. The van der Waals surface area contributed by atoms with Gasteiger partial charge in [-0.3, -0.25) is 4.79 Å². The van der Waals surface area contributed by atoms with Crippen molar-refractivity contribution < 1.29 is 23.8 Å². The fourth-order valence-electron chi connectivity index (χ4n) is 2.25. The number of ether oxygens (including phenoxy) is 1. The van der Waals surface area contributed by atoms with Crippen LogP contribution in [0.15, 0.2) is 0 Å². The molecule has 0 aromatic heterocycles. The molecule has 6 heteroatoms. The standard InChI is InChI=1S/C12H19O5P/c1-2-3-6-9(10-7-4-5-8-17-10)11(13)12(14)18(15)16/h9-10H,2-8H2,1H3/p+1. The number of hydrogen-bond donors (Lipinski definition) is 1. The van der Waals surface area contributed by atoms with E-state index < -0.39 is 25.3 Å². The number of Topliss-reactive ketones (excluding diaryl/α,β-unsaturated/α-hetero) is 1. The minimum Gasteiger partial charge on any atom is -0.377 e. The highest BCUT2D eigenvalue weighted by Crippen LogP contribution is 2.28. The number of carbonyl (C=O) groups excluding carboxylic acids is 2. The summed E-state index contributed by atoms with van der Waals surface area (Å²) >= 11 is 0. The van der Waals surface area contributed by atoms with Crippen molar-refractivity contribution >= 4 is 19.3 Å². The Kier molecular flexibility index (Phi) is 6.61. The van der Waals surface area contributed by atoms with E-state index >= 15 is 0 Å². The fraction of sp³-hybridized carbons (Fsp3) is 0.833. The summed E-state index contributed by atoms with van der Waals surface area (Å²) in [4.78, 5) is 32.0. The van der Waals surface area contributed by atoms with Gasteiger partial charge in [0.25, 0.3) is 5.78 Å². The summed E-state index contributed by atoms with van der Waals surface area (Å²) in [7, 11) is -3.06. The number of hydrogen-bond acceptors (Lipinski definition) is 4. The van der Waals surface area contributed by atoms with E-state index in [1.165, 1.54) is 0 Å². The zero-order valence-corrected chi connectivity index (χ0v) is 11.5. The normalized spacial score (nSPS) is 22.3. The van der Waals surface area contributed by atoms with E-state index in [9.17, 15) is 14.2 Å². The van der Waals surface area contributed by atoms with Crippen molar-refractivity contribution in [1.82, 2.24) is 0 Å². The largest absolute Gasteiger partial charge is 0.593 e. The Morgan fingerprint density at radius 3 is 2.67 bits per heavy atom. The van der Waals surface area contributed by atoms with Gasteiger partial charge in [0.05, 0.1) is 12.0 Å². The Balaban J connectivity index is 2.72. The second-order valence-corrected chi connectivity index (χ2v) is 5.55. The first-order chi connectivity index (χ1) is 8.57. The summed E-state index contributed by atoms with van der Waals surface area (Å²) in [6, 6.07) is 0. The van der Waals surface area contributed by atoms with Crippen LogP contribution in [0.1, 0.15) is 45.4 Å². The molecular formula is C12H20O5P+. The van der Waals surface area contributed by atoms with Gasteiger partial charge in [-0.25, -0.2) is 4.79 Å². The van der Waals surface area contributed by atoms with Crippen LogP contribution < -0.4 is 0 Å². The van der Waals surface area contributed by atoms with E-state index in [4.69, 9.17) is 9.63 Å².